The van der Waals surface area contributed by atoms with E-state index in [9.17, 15) is 18.0 Å². The number of aryl methyl sites for hydroxylation is 1. The van der Waals surface area contributed by atoms with Gasteiger partial charge in [0.1, 0.15) is 18.5 Å². The maximum atomic E-state index is 12.9. The maximum Gasteiger partial charge on any atom is 0.338 e. The first kappa shape index (κ1) is 33.0. The Bertz CT molecular complexity index is 1690. The second-order valence-corrected chi connectivity index (χ2v) is 12.2. The summed E-state index contributed by atoms with van der Waals surface area (Å²) in [5.41, 5.74) is 2.45. The first-order valence-corrected chi connectivity index (χ1v) is 16.2. The lowest BCUT2D eigenvalue weighted by atomic mass is 10.1. The Balaban J connectivity index is 1.44. The van der Waals surface area contributed by atoms with Crippen LogP contribution in [-0.4, -0.2) is 39.2 Å². The van der Waals surface area contributed by atoms with Gasteiger partial charge in [0.2, 0.25) is 0 Å². The summed E-state index contributed by atoms with van der Waals surface area (Å²) in [6.45, 7) is 3.70. The Labute approximate surface area is 264 Å². The lowest BCUT2D eigenvalue weighted by molar-refractivity contribution is -0.147. The Kier molecular flexibility index (Phi) is 11.9. The van der Waals surface area contributed by atoms with Crippen LogP contribution in [0.1, 0.15) is 48.2 Å². The first-order valence-electron chi connectivity index (χ1n) is 14.7. The summed E-state index contributed by atoms with van der Waals surface area (Å²) in [6, 6.07) is 31.3. The molecule has 0 saturated heterocycles. The number of hydrogen-bond acceptors (Lipinski definition) is 7. The lowest BCUT2D eigenvalue weighted by Gasteiger charge is -2.19. The molecule has 0 aliphatic heterocycles. The number of rotatable bonds is 15. The van der Waals surface area contributed by atoms with Crippen molar-refractivity contribution in [3.05, 3.63) is 132 Å². The lowest BCUT2D eigenvalue weighted by Crippen LogP contribution is -2.25. The zero-order valence-corrected chi connectivity index (χ0v) is 26.1. The van der Waals surface area contributed by atoms with Crippen LogP contribution >= 0.6 is 0 Å². The van der Waals surface area contributed by atoms with Crippen molar-refractivity contribution in [2.24, 2.45) is 0 Å². The van der Waals surface area contributed by atoms with E-state index >= 15 is 0 Å². The second kappa shape index (κ2) is 16.3. The molecule has 234 valence electrons. The van der Waals surface area contributed by atoms with Crippen LogP contribution in [0.3, 0.4) is 0 Å². The van der Waals surface area contributed by atoms with E-state index in [2.05, 4.69) is 4.72 Å². The standard InChI is InChI=1S/C36H37NO7S/c1-27(2)43-35(38)24-23-29-15-9-10-22-34(29)42-26-32(44-36(39)30-16-5-3-6-17-30)19-12-14-28-13-11-18-31(25-28)37-45(40,41)33-20-7-4-8-21-33/h3-18,20-22,25,27,32,37H,19,23-24,26H2,1-2H3/b14-12+/t32-/m0/s1. The molecule has 1 atom stereocenters. The molecule has 0 heterocycles. The number of para-hydroxylation sites is 1. The first-order chi connectivity index (χ1) is 21.7. The molecule has 0 aromatic heterocycles. The van der Waals surface area contributed by atoms with Crippen molar-refractivity contribution in [1.29, 1.82) is 0 Å². The smallest absolute Gasteiger partial charge is 0.338 e. The van der Waals surface area contributed by atoms with Gasteiger partial charge in [-0.2, -0.15) is 0 Å². The van der Waals surface area contributed by atoms with Gasteiger partial charge in [0.25, 0.3) is 10.0 Å². The summed E-state index contributed by atoms with van der Waals surface area (Å²) in [4.78, 5) is 25.2. The number of benzene rings is 4. The van der Waals surface area contributed by atoms with Crippen molar-refractivity contribution in [3.63, 3.8) is 0 Å². The van der Waals surface area contributed by atoms with E-state index in [1.165, 1.54) is 12.1 Å². The second-order valence-electron chi connectivity index (χ2n) is 10.5. The van der Waals surface area contributed by atoms with E-state index in [1.54, 1.807) is 60.7 Å². The number of anilines is 1. The van der Waals surface area contributed by atoms with Gasteiger partial charge in [-0.3, -0.25) is 9.52 Å². The highest BCUT2D eigenvalue weighted by molar-refractivity contribution is 7.92. The SMILES string of the molecule is CC(C)OC(=O)CCc1ccccc1OC[C@H](C/C=C/c1cccc(NS(=O)(=O)c2ccccc2)c1)OC(=O)c1ccccc1. The van der Waals surface area contributed by atoms with Crippen LogP contribution in [0.25, 0.3) is 6.08 Å². The van der Waals surface area contributed by atoms with Crippen LogP contribution in [0.2, 0.25) is 0 Å². The van der Waals surface area contributed by atoms with E-state index < -0.39 is 22.1 Å². The molecular weight excluding hydrogens is 590 g/mol. The summed E-state index contributed by atoms with van der Waals surface area (Å²) in [5.74, 6) is -0.158. The number of carbonyl (C=O) groups is 2. The van der Waals surface area contributed by atoms with Gasteiger partial charge < -0.3 is 14.2 Å². The third-order valence-electron chi connectivity index (χ3n) is 6.55. The van der Waals surface area contributed by atoms with Gasteiger partial charge in [0, 0.05) is 18.5 Å². The third kappa shape index (κ3) is 10.7. The van der Waals surface area contributed by atoms with Crippen LogP contribution < -0.4 is 9.46 Å². The molecule has 0 unspecified atom stereocenters. The quantitative estimate of drug-likeness (QED) is 0.140. The van der Waals surface area contributed by atoms with E-state index in [-0.39, 0.29) is 30.0 Å². The summed E-state index contributed by atoms with van der Waals surface area (Å²) in [5, 5.41) is 0. The van der Waals surface area contributed by atoms with E-state index in [0.717, 1.165) is 11.1 Å². The van der Waals surface area contributed by atoms with Crippen molar-refractivity contribution >= 4 is 33.7 Å². The Morgan fingerprint density at radius 3 is 2.24 bits per heavy atom. The molecule has 9 heteroatoms. The van der Waals surface area contributed by atoms with Crippen LogP contribution in [0.5, 0.6) is 5.75 Å². The summed E-state index contributed by atoms with van der Waals surface area (Å²) in [7, 11) is -3.73. The fraction of sp³-hybridized carbons (Fsp3) is 0.222. The molecule has 0 aliphatic rings. The predicted octanol–water partition coefficient (Wildman–Crippen LogP) is 7.08. The third-order valence-corrected chi connectivity index (χ3v) is 7.94. The van der Waals surface area contributed by atoms with Crippen molar-refractivity contribution in [3.8, 4) is 5.75 Å². The van der Waals surface area contributed by atoms with E-state index in [0.29, 0.717) is 29.8 Å². The number of carbonyl (C=O) groups excluding carboxylic acids is 2. The van der Waals surface area contributed by atoms with Crippen LogP contribution in [0.4, 0.5) is 5.69 Å². The minimum absolute atomic E-state index is 0.0767. The minimum Gasteiger partial charge on any atom is -0.489 e. The number of esters is 2. The Hall–Kier alpha value is -4.89. The number of sulfonamides is 1. The normalized spacial score (nSPS) is 12.1. The van der Waals surface area contributed by atoms with Crippen molar-refractivity contribution in [2.75, 3.05) is 11.3 Å². The monoisotopic (exact) mass is 627 g/mol. The largest absolute Gasteiger partial charge is 0.489 e. The molecule has 4 aromatic rings. The molecule has 0 saturated carbocycles. The van der Waals surface area contributed by atoms with Crippen molar-refractivity contribution < 1.29 is 32.2 Å². The zero-order valence-electron chi connectivity index (χ0n) is 25.3. The molecule has 0 spiro atoms. The molecule has 45 heavy (non-hydrogen) atoms. The molecule has 0 bridgehead atoms. The highest BCUT2D eigenvalue weighted by Gasteiger charge is 2.18. The van der Waals surface area contributed by atoms with Gasteiger partial charge in [-0.15, -0.1) is 0 Å². The van der Waals surface area contributed by atoms with Crippen molar-refractivity contribution in [2.45, 2.75) is 50.2 Å². The number of ether oxygens (including phenoxy) is 3. The predicted molar refractivity (Wildman–Crippen MR) is 174 cm³/mol. The summed E-state index contributed by atoms with van der Waals surface area (Å²) < 4.78 is 45.3. The van der Waals surface area contributed by atoms with Gasteiger partial charge >= 0.3 is 11.9 Å². The molecule has 0 fully saturated rings. The molecule has 1 N–H and O–H groups in total. The fourth-order valence-electron chi connectivity index (χ4n) is 4.41. The Morgan fingerprint density at radius 1 is 0.822 bits per heavy atom. The summed E-state index contributed by atoms with van der Waals surface area (Å²) >= 11 is 0. The molecule has 4 rings (SSSR count). The fourth-order valence-corrected chi connectivity index (χ4v) is 5.48. The Morgan fingerprint density at radius 2 is 1.51 bits per heavy atom. The number of nitrogens with one attached hydrogen (secondary N) is 1. The number of hydrogen-bond donors (Lipinski definition) is 1. The van der Waals surface area contributed by atoms with Gasteiger partial charge in [-0.05, 0) is 73.9 Å². The highest BCUT2D eigenvalue weighted by Crippen LogP contribution is 2.22. The minimum atomic E-state index is -3.73. The summed E-state index contributed by atoms with van der Waals surface area (Å²) in [6.07, 6.45) is 3.87. The molecule has 4 aromatic carbocycles. The molecular formula is C36H37NO7S. The molecule has 0 amide bonds. The molecule has 8 nitrogen and oxygen atoms in total. The molecule has 0 radical (unpaired) electrons. The topological polar surface area (TPSA) is 108 Å². The van der Waals surface area contributed by atoms with E-state index in [1.807, 2.05) is 62.4 Å². The van der Waals surface area contributed by atoms with Crippen LogP contribution in [0.15, 0.2) is 120 Å². The van der Waals surface area contributed by atoms with Gasteiger partial charge in [-0.25, -0.2) is 13.2 Å². The van der Waals surface area contributed by atoms with Gasteiger partial charge in [0.05, 0.1) is 16.6 Å². The molecule has 0 aliphatic carbocycles. The maximum absolute atomic E-state index is 12.9. The van der Waals surface area contributed by atoms with Gasteiger partial charge in [-0.1, -0.05) is 78.9 Å². The van der Waals surface area contributed by atoms with Crippen LogP contribution in [-0.2, 0) is 30.7 Å². The highest BCUT2D eigenvalue weighted by atomic mass is 32.2. The van der Waals surface area contributed by atoms with Crippen LogP contribution in [0, 0.1) is 0 Å². The average Bonchev–Trinajstić information content (AvgIpc) is 3.03. The average molecular weight is 628 g/mol. The van der Waals surface area contributed by atoms with E-state index in [4.69, 9.17) is 14.2 Å². The van der Waals surface area contributed by atoms with Crippen molar-refractivity contribution in [1.82, 2.24) is 0 Å². The van der Waals surface area contributed by atoms with Gasteiger partial charge in [0.15, 0.2) is 0 Å². The zero-order chi connectivity index (χ0) is 32.1.